The zero-order valence-corrected chi connectivity index (χ0v) is 11.2. The monoisotopic (exact) mass is 237 g/mol. The number of anilines is 1. The predicted molar refractivity (Wildman–Crippen MR) is 70.0 cm³/mol. The van der Waals surface area contributed by atoms with Gasteiger partial charge in [-0.2, -0.15) is 0 Å². The van der Waals surface area contributed by atoms with Crippen LogP contribution in [0.25, 0.3) is 0 Å². The van der Waals surface area contributed by atoms with Gasteiger partial charge in [-0.15, -0.1) is 0 Å². The maximum atomic E-state index is 10.2. The maximum absolute atomic E-state index is 10.2. The van der Waals surface area contributed by atoms with Crippen LogP contribution in [-0.2, 0) is 0 Å². The van der Waals surface area contributed by atoms with E-state index in [2.05, 4.69) is 29.1 Å². The Morgan fingerprint density at radius 2 is 1.94 bits per heavy atom. The van der Waals surface area contributed by atoms with Gasteiger partial charge in [-0.1, -0.05) is 13.8 Å². The van der Waals surface area contributed by atoms with E-state index >= 15 is 0 Å². The van der Waals surface area contributed by atoms with Gasteiger partial charge in [0.15, 0.2) is 0 Å². The fourth-order valence-electron chi connectivity index (χ4n) is 1.44. The van der Waals surface area contributed by atoms with Gasteiger partial charge in [0, 0.05) is 18.9 Å². The van der Waals surface area contributed by atoms with Crippen molar-refractivity contribution < 1.29 is 5.11 Å². The van der Waals surface area contributed by atoms with Crippen LogP contribution in [0.5, 0.6) is 0 Å². The van der Waals surface area contributed by atoms with Crippen molar-refractivity contribution in [2.45, 2.75) is 46.1 Å². The van der Waals surface area contributed by atoms with Crippen LogP contribution in [-0.4, -0.2) is 27.2 Å². The highest BCUT2D eigenvalue weighted by molar-refractivity contribution is 5.24. The number of aliphatic hydroxyl groups is 1. The molecule has 1 atom stereocenters. The first kappa shape index (κ1) is 13.9. The normalized spacial score (nSPS) is 14.7. The molecule has 96 valence electrons. The van der Waals surface area contributed by atoms with Crippen molar-refractivity contribution in [3.05, 3.63) is 18.0 Å². The van der Waals surface area contributed by atoms with Gasteiger partial charge in [-0.3, -0.25) is 0 Å². The third-order valence-corrected chi connectivity index (χ3v) is 2.67. The molecule has 0 aliphatic heterocycles. The van der Waals surface area contributed by atoms with E-state index in [4.69, 9.17) is 0 Å². The summed E-state index contributed by atoms with van der Waals surface area (Å²) in [7, 11) is 0. The first-order chi connectivity index (χ1) is 7.89. The summed E-state index contributed by atoms with van der Waals surface area (Å²) in [6, 6.07) is 0. The Morgan fingerprint density at radius 1 is 1.35 bits per heavy atom. The lowest BCUT2D eigenvalue weighted by Gasteiger charge is -2.24. The zero-order chi connectivity index (χ0) is 12.9. The third-order valence-electron chi connectivity index (χ3n) is 2.67. The molecule has 1 heterocycles. The number of hydrogen-bond donors (Lipinski definition) is 2. The molecule has 17 heavy (non-hydrogen) atoms. The van der Waals surface area contributed by atoms with Crippen molar-refractivity contribution in [2.24, 2.45) is 5.92 Å². The quantitative estimate of drug-likeness (QED) is 0.797. The molecule has 0 bridgehead atoms. The minimum atomic E-state index is -0.710. The van der Waals surface area contributed by atoms with E-state index in [1.54, 1.807) is 12.4 Å². The van der Waals surface area contributed by atoms with Gasteiger partial charge in [-0.05, 0) is 38.2 Å². The van der Waals surface area contributed by atoms with Crippen molar-refractivity contribution in [2.75, 3.05) is 11.9 Å². The molecule has 0 radical (unpaired) electrons. The topological polar surface area (TPSA) is 58.0 Å². The second-order valence-electron chi connectivity index (χ2n) is 5.37. The lowest BCUT2D eigenvalue weighted by molar-refractivity contribution is 0.0584. The Morgan fingerprint density at radius 3 is 2.47 bits per heavy atom. The second-order valence-corrected chi connectivity index (χ2v) is 5.37. The Balaban J connectivity index is 2.40. The van der Waals surface area contributed by atoms with Crippen LogP contribution in [0.4, 0.5) is 5.95 Å². The van der Waals surface area contributed by atoms with Gasteiger partial charge in [0.2, 0.25) is 5.95 Å². The summed E-state index contributed by atoms with van der Waals surface area (Å²) in [5, 5.41) is 13.2. The van der Waals surface area contributed by atoms with E-state index in [-0.39, 0.29) is 0 Å². The lowest BCUT2D eigenvalue weighted by atomic mass is 9.95. The smallest absolute Gasteiger partial charge is 0.222 e. The molecule has 0 fully saturated rings. The lowest BCUT2D eigenvalue weighted by Crippen LogP contribution is -2.34. The molecule has 2 N–H and O–H groups in total. The number of nitrogens with one attached hydrogen (secondary N) is 1. The molecule has 0 saturated carbocycles. The Labute approximate surface area is 103 Å². The highest BCUT2D eigenvalue weighted by Gasteiger charge is 2.20. The summed E-state index contributed by atoms with van der Waals surface area (Å²) < 4.78 is 0. The molecule has 0 aliphatic carbocycles. The summed E-state index contributed by atoms with van der Waals surface area (Å²) in [6.45, 7) is 8.58. The molecular formula is C13H23N3O. The molecular weight excluding hydrogens is 214 g/mol. The van der Waals surface area contributed by atoms with Crippen molar-refractivity contribution in [1.29, 1.82) is 0 Å². The fraction of sp³-hybridized carbons (Fsp3) is 0.692. The Hall–Kier alpha value is -1.16. The average Bonchev–Trinajstić information content (AvgIpc) is 2.26. The van der Waals surface area contributed by atoms with Crippen LogP contribution < -0.4 is 5.32 Å². The molecule has 1 aromatic rings. The van der Waals surface area contributed by atoms with Crippen LogP contribution in [0.1, 0.15) is 39.2 Å². The molecule has 1 unspecified atom stereocenters. The predicted octanol–water partition coefficient (Wildman–Crippen LogP) is 2.38. The minimum absolute atomic E-state index is 0.475. The molecule has 0 saturated heterocycles. The SMILES string of the molecule is Cc1cnc(NCC(C)(O)CCC(C)C)nc1. The van der Waals surface area contributed by atoms with Crippen LogP contribution in [0.15, 0.2) is 12.4 Å². The van der Waals surface area contributed by atoms with Crippen molar-refractivity contribution in [3.63, 3.8) is 0 Å². The molecule has 0 spiro atoms. The highest BCUT2D eigenvalue weighted by Crippen LogP contribution is 2.16. The summed E-state index contributed by atoms with van der Waals surface area (Å²) in [4.78, 5) is 8.29. The first-order valence-electron chi connectivity index (χ1n) is 6.14. The fourth-order valence-corrected chi connectivity index (χ4v) is 1.44. The van der Waals surface area contributed by atoms with Gasteiger partial charge in [0.05, 0.1) is 5.60 Å². The van der Waals surface area contributed by atoms with E-state index in [0.717, 1.165) is 18.4 Å². The van der Waals surface area contributed by atoms with Gasteiger partial charge in [0.25, 0.3) is 0 Å². The standard InChI is InChI=1S/C13H23N3O/c1-10(2)5-6-13(4,17)9-16-12-14-7-11(3)8-15-12/h7-8,10,17H,5-6,9H2,1-4H3,(H,14,15,16). The number of aromatic nitrogens is 2. The maximum Gasteiger partial charge on any atom is 0.222 e. The van der Waals surface area contributed by atoms with Gasteiger partial charge < -0.3 is 10.4 Å². The molecule has 0 aliphatic rings. The largest absolute Gasteiger partial charge is 0.388 e. The van der Waals surface area contributed by atoms with E-state index in [1.165, 1.54) is 0 Å². The minimum Gasteiger partial charge on any atom is -0.388 e. The molecule has 4 nitrogen and oxygen atoms in total. The number of aryl methyl sites for hydroxylation is 1. The molecule has 1 aromatic heterocycles. The van der Waals surface area contributed by atoms with E-state index in [9.17, 15) is 5.11 Å². The first-order valence-corrected chi connectivity index (χ1v) is 6.14. The van der Waals surface area contributed by atoms with E-state index < -0.39 is 5.60 Å². The van der Waals surface area contributed by atoms with E-state index in [0.29, 0.717) is 18.4 Å². The molecule has 1 rings (SSSR count). The van der Waals surface area contributed by atoms with Crippen LogP contribution >= 0.6 is 0 Å². The van der Waals surface area contributed by atoms with Crippen LogP contribution in [0.2, 0.25) is 0 Å². The van der Waals surface area contributed by atoms with Crippen LogP contribution in [0, 0.1) is 12.8 Å². The second kappa shape index (κ2) is 5.96. The number of hydrogen-bond acceptors (Lipinski definition) is 4. The summed E-state index contributed by atoms with van der Waals surface area (Å²) in [6.07, 6.45) is 5.32. The molecule has 4 heteroatoms. The summed E-state index contributed by atoms with van der Waals surface area (Å²) in [5.74, 6) is 1.18. The summed E-state index contributed by atoms with van der Waals surface area (Å²) in [5.41, 5.74) is 0.320. The average molecular weight is 237 g/mol. The van der Waals surface area contributed by atoms with Crippen molar-refractivity contribution >= 4 is 5.95 Å². The zero-order valence-electron chi connectivity index (χ0n) is 11.2. The number of rotatable bonds is 6. The van der Waals surface area contributed by atoms with E-state index in [1.807, 2.05) is 13.8 Å². The third kappa shape index (κ3) is 5.63. The van der Waals surface area contributed by atoms with Crippen LogP contribution in [0.3, 0.4) is 0 Å². The number of nitrogens with zero attached hydrogens (tertiary/aromatic N) is 2. The highest BCUT2D eigenvalue weighted by atomic mass is 16.3. The Kier molecular flexibility index (Phi) is 4.87. The molecule has 0 amide bonds. The van der Waals surface area contributed by atoms with Crippen molar-refractivity contribution in [3.8, 4) is 0 Å². The van der Waals surface area contributed by atoms with Gasteiger partial charge in [0.1, 0.15) is 0 Å². The summed E-state index contributed by atoms with van der Waals surface area (Å²) >= 11 is 0. The van der Waals surface area contributed by atoms with Crippen molar-refractivity contribution in [1.82, 2.24) is 9.97 Å². The molecule has 0 aromatic carbocycles. The van der Waals surface area contributed by atoms with Gasteiger partial charge >= 0.3 is 0 Å². The van der Waals surface area contributed by atoms with Gasteiger partial charge in [-0.25, -0.2) is 9.97 Å². The Bertz CT molecular complexity index is 333.